The largest absolute Gasteiger partial charge is 0.364 e. The van der Waals surface area contributed by atoms with E-state index in [2.05, 4.69) is 35.4 Å². The number of nitrogens with two attached hydrogens (primary N) is 2. The van der Waals surface area contributed by atoms with Crippen LogP contribution in [0.2, 0.25) is 0 Å². The first-order valence-corrected chi connectivity index (χ1v) is 12.2. The number of imidazole rings is 2. The van der Waals surface area contributed by atoms with Crippen molar-refractivity contribution in [3.63, 3.8) is 0 Å². The number of aromatic nitrogens is 7. The highest BCUT2D eigenvalue weighted by Gasteiger charge is 2.19. The molecule has 0 spiro atoms. The summed E-state index contributed by atoms with van der Waals surface area (Å²) in [6.07, 6.45) is 13.9. The van der Waals surface area contributed by atoms with Gasteiger partial charge in [-0.2, -0.15) is 4.68 Å². The average molecular weight is 527 g/mol. The summed E-state index contributed by atoms with van der Waals surface area (Å²) in [5, 5.41) is 10.7. The van der Waals surface area contributed by atoms with E-state index in [-0.39, 0.29) is 28.5 Å². The molecule has 202 valence electrons. The van der Waals surface area contributed by atoms with Crippen molar-refractivity contribution in [3.8, 4) is 0 Å². The number of carbonyl (C=O) groups is 2. The second-order valence-corrected chi connectivity index (χ2v) is 9.02. The first-order valence-electron chi connectivity index (χ1n) is 12.2. The Labute approximate surface area is 216 Å². The number of hydrogen-bond acceptors (Lipinski definition) is 11. The summed E-state index contributed by atoms with van der Waals surface area (Å²) in [7, 11) is 0. The van der Waals surface area contributed by atoms with Crippen molar-refractivity contribution in [2.24, 2.45) is 33.4 Å². The summed E-state index contributed by atoms with van der Waals surface area (Å²) in [6.45, 7) is 1.27. The number of isocyanates is 1. The fourth-order valence-electron chi connectivity index (χ4n) is 4.47. The molecule has 0 radical (unpaired) electrons. The first-order chi connectivity index (χ1) is 18.3. The normalized spacial score (nSPS) is 15.2. The molecule has 2 saturated carbocycles. The molecule has 16 nitrogen and oxygen atoms in total. The van der Waals surface area contributed by atoms with Gasteiger partial charge in [-0.25, -0.2) is 34.5 Å². The Morgan fingerprint density at radius 3 is 2.29 bits per heavy atom. The smallest absolute Gasteiger partial charge is 0.352 e. The Kier molecular flexibility index (Phi) is 10.0. The molecule has 38 heavy (non-hydrogen) atoms. The zero-order valence-electron chi connectivity index (χ0n) is 20.7. The topological polar surface area (TPSA) is 246 Å². The van der Waals surface area contributed by atoms with Gasteiger partial charge in [0.05, 0.1) is 19.4 Å². The summed E-state index contributed by atoms with van der Waals surface area (Å²) >= 11 is 0. The minimum atomic E-state index is -0.718. The van der Waals surface area contributed by atoms with Gasteiger partial charge in [-0.3, -0.25) is 9.59 Å². The highest BCUT2D eigenvalue weighted by molar-refractivity contribution is 5.96. The Hall–Kier alpha value is -4.59. The summed E-state index contributed by atoms with van der Waals surface area (Å²) < 4.78 is 2.54. The van der Waals surface area contributed by atoms with E-state index in [4.69, 9.17) is 17.0 Å². The molecule has 0 aromatic carbocycles. The first kappa shape index (κ1) is 28.0. The highest BCUT2D eigenvalue weighted by Crippen LogP contribution is 2.25. The second kappa shape index (κ2) is 13.6. The number of primary amides is 2. The number of aromatic amines is 1. The Bertz CT molecular complexity index is 1360. The number of amides is 2. The van der Waals surface area contributed by atoms with Gasteiger partial charge in [-0.15, -0.1) is 10.2 Å². The molecule has 0 unspecified atom stereocenters. The second-order valence-electron chi connectivity index (χ2n) is 9.02. The van der Waals surface area contributed by atoms with E-state index >= 15 is 0 Å². The van der Waals surface area contributed by atoms with Gasteiger partial charge in [-0.1, -0.05) is 30.9 Å². The van der Waals surface area contributed by atoms with Crippen molar-refractivity contribution >= 4 is 29.4 Å². The number of carbonyl (C=O) groups excluding carboxylic acids is 3. The van der Waals surface area contributed by atoms with Crippen molar-refractivity contribution in [3.05, 3.63) is 34.5 Å². The molecule has 0 aliphatic heterocycles. The lowest BCUT2D eigenvalue weighted by Gasteiger charge is -2.09. The predicted octanol–water partition coefficient (Wildman–Crippen LogP) is 1.26. The third kappa shape index (κ3) is 7.22. The van der Waals surface area contributed by atoms with E-state index in [0.29, 0.717) is 24.9 Å². The lowest BCUT2D eigenvalue weighted by Crippen LogP contribution is -2.32. The number of nitrogens with zero attached hydrogens (tertiary/aromatic N) is 8. The zero-order valence-corrected chi connectivity index (χ0v) is 20.7. The number of aliphatic imine (C=N–C) groups is 1. The molecule has 0 saturated heterocycles. The van der Waals surface area contributed by atoms with Crippen LogP contribution in [0.3, 0.4) is 0 Å². The molecule has 0 bridgehead atoms. The lowest BCUT2D eigenvalue weighted by molar-refractivity contribution is 0.0988. The van der Waals surface area contributed by atoms with E-state index < -0.39 is 11.8 Å². The molecule has 3 aromatic rings. The number of H-pyrrole nitrogens is 1. The van der Waals surface area contributed by atoms with Gasteiger partial charge in [-0.05, 0) is 37.5 Å². The number of hydrogen-bond donors (Lipinski definition) is 4. The minimum Gasteiger partial charge on any atom is -0.364 e. The van der Waals surface area contributed by atoms with Crippen molar-refractivity contribution in [1.82, 2.24) is 34.3 Å². The van der Waals surface area contributed by atoms with Crippen LogP contribution >= 0.6 is 0 Å². The molecule has 2 amide bonds. The maximum atomic E-state index is 12.2. The van der Waals surface area contributed by atoms with Crippen LogP contribution in [0.1, 0.15) is 72.3 Å². The lowest BCUT2D eigenvalue weighted by atomic mass is 10.1. The summed E-state index contributed by atoms with van der Waals surface area (Å²) in [4.78, 5) is 56.8. The summed E-state index contributed by atoms with van der Waals surface area (Å²) in [6, 6.07) is 0. The molecule has 3 aromatic heterocycles. The quantitative estimate of drug-likeness (QED) is 0.198. The molecule has 16 heteroatoms. The maximum absolute atomic E-state index is 12.2. The van der Waals surface area contributed by atoms with Crippen molar-refractivity contribution in [2.45, 2.75) is 57.9 Å². The fourth-order valence-corrected chi connectivity index (χ4v) is 4.47. The molecule has 0 atom stereocenters. The summed E-state index contributed by atoms with van der Waals surface area (Å²) in [5.41, 5.74) is 16.4. The van der Waals surface area contributed by atoms with Crippen molar-refractivity contribution < 1.29 is 14.4 Å². The molecular weight excluding hydrogens is 496 g/mol. The SMILES string of the molecule is N=Nc1nc[nH]c1C(N)=O.NC(=O)c1ncn2c(=O)n(CC3CCCC3)nnc12.O=C=NCC1CCCC1. The standard InChI is InChI=1S/C11H14N6O2.C7H11NO.C4H5N5O/c12-9(18)8-10-14-15-17(5-7-3-1-2-4-7)11(19)16(10)6-13-8;9-6-8-5-7-3-1-2-4-7;5-3(10)2-4(9-6)8-1-7-2/h6-7H,1-5H2,(H2,12,18);7H,1-5H2;1,6H,(H2,5,10)(H,7,8). The molecule has 2 fully saturated rings. The minimum absolute atomic E-state index is 0.0208. The van der Waals surface area contributed by atoms with Gasteiger partial charge in [0.15, 0.2) is 17.0 Å². The average Bonchev–Trinajstić information content (AvgIpc) is 3.72. The van der Waals surface area contributed by atoms with Gasteiger partial charge in [0.2, 0.25) is 11.9 Å². The van der Waals surface area contributed by atoms with Crippen LogP contribution in [-0.2, 0) is 11.3 Å². The van der Waals surface area contributed by atoms with Gasteiger partial charge in [0.25, 0.3) is 11.8 Å². The van der Waals surface area contributed by atoms with Crippen LogP contribution in [0.5, 0.6) is 0 Å². The Balaban J connectivity index is 0.000000177. The Morgan fingerprint density at radius 2 is 1.74 bits per heavy atom. The van der Waals surface area contributed by atoms with Crippen LogP contribution in [0.25, 0.3) is 5.65 Å². The van der Waals surface area contributed by atoms with Gasteiger partial charge in [0, 0.05) is 0 Å². The molecular formula is C22H30N12O4. The third-order valence-electron chi connectivity index (χ3n) is 6.42. The van der Waals surface area contributed by atoms with E-state index in [1.54, 1.807) is 6.08 Å². The van der Waals surface area contributed by atoms with Gasteiger partial charge >= 0.3 is 5.69 Å². The number of nitrogens with one attached hydrogen (secondary N) is 2. The van der Waals surface area contributed by atoms with Crippen LogP contribution < -0.4 is 17.2 Å². The molecule has 3 heterocycles. The van der Waals surface area contributed by atoms with Crippen LogP contribution in [0.15, 0.2) is 27.6 Å². The highest BCUT2D eigenvalue weighted by atomic mass is 16.2. The van der Waals surface area contributed by atoms with Crippen LogP contribution in [0, 0.1) is 17.4 Å². The van der Waals surface area contributed by atoms with Crippen LogP contribution in [-0.4, -0.2) is 58.8 Å². The van der Waals surface area contributed by atoms with Crippen molar-refractivity contribution in [1.29, 1.82) is 5.53 Å². The van der Waals surface area contributed by atoms with E-state index in [1.807, 2.05) is 0 Å². The Morgan fingerprint density at radius 1 is 1.08 bits per heavy atom. The van der Waals surface area contributed by atoms with Gasteiger partial charge < -0.3 is 16.5 Å². The van der Waals surface area contributed by atoms with Crippen LogP contribution in [0.4, 0.5) is 5.82 Å². The molecule has 2 aliphatic rings. The summed E-state index contributed by atoms with van der Waals surface area (Å²) in [5.74, 6) is -0.198. The molecule has 2 aliphatic carbocycles. The van der Waals surface area contributed by atoms with Crippen molar-refractivity contribution in [2.75, 3.05) is 6.54 Å². The molecule has 5 rings (SSSR count). The van der Waals surface area contributed by atoms with E-state index in [9.17, 15) is 19.2 Å². The number of fused-ring (bicyclic) bond motifs is 1. The van der Waals surface area contributed by atoms with Gasteiger partial charge in [0.1, 0.15) is 6.33 Å². The predicted molar refractivity (Wildman–Crippen MR) is 132 cm³/mol. The van der Waals surface area contributed by atoms with E-state index in [0.717, 1.165) is 12.8 Å². The zero-order chi connectivity index (χ0) is 27.5. The third-order valence-corrected chi connectivity index (χ3v) is 6.42. The fraction of sp³-hybridized carbons (Fsp3) is 0.545. The monoisotopic (exact) mass is 526 g/mol. The maximum Gasteiger partial charge on any atom is 0.352 e. The number of rotatable bonds is 7. The van der Waals surface area contributed by atoms with E-state index in [1.165, 1.54) is 60.3 Å². The molecule has 6 N–H and O–H groups in total.